The van der Waals surface area contributed by atoms with Crippen LogP contribution in [0.15, 0.2) is 23.2 Å². The van der Waals surface area contributed by atoms with E-state index in [9.17, 15) is 13.6 Å². The molecule has 2 N–H and O–H groups in total. The van der Waals surface area contributed by atoms with Crippen LogP contribution < -0.4 is 10.6 Å². The molecule has 0 spiro atoms. The maximum absolute atomic E-state index is 14.0. The highest BCUT2D eigenvalue weighted by molar-refractivity contribution is 14.0. The quantitative estimate of drug-likeness (QED) is 0.342. The van der Waals surface area contributed by atoms with Crippen molar-refractivity contribution in [2.24, 2.45) is 10.4 Å². The molecule has 2 unspecified atom stereocenters. The average Bonchev–Trinajstić information content (AvgIpc) is 3.22. The topological polar surface area (TPSA) is 56.7 Å². The molecule has 3 rings (SSSR count). The smallest absolute Gasteiger partial charge is 0.230 e. The highest BCUT2D eigenvalue weighted by atomic mass is 127. The molecule has 0 bridgehead atoms. The standard InChI is InChI=1S/C21H30F2N4O.HI/c1-4-24-20(25-13-21(10-5-6-11-21)19(28)27(2)3)26-17-12-14(17)18-15(22)8-7-9-16(18)23;/h7-9,14,17H,4-6,10-13H2,1-3H3,(H2,24,25,26);1H. The number of nitrogens with one attached hydrogen (secondary N) is 2. The molecular weight excluding hydrogens is 489 g/mol. The van der Waals surface area contributed by atoms with Crippen LogP contribution in [0.2, 0.25) is 0 Å². The Labute approximate surface area is 188 Å². The summed E-state index contributed by atoms with van der Waals surface area (Å²) in [6, 6.07) is 3.91. The lowest BCUT2D eigenvalue weighted by Crippen LogP contribution is -2.43. The van der Waals surface area contributed by atoms with E-state index in [1.165, 1.54) is 18.2 Å². The minimum absolute atomic E-state index is 0. The molecule has 0 aliphatic heterocycles. The number of guanidine groups is 1. The van der Waals surface area contributed by atoms with E-state index in [-0.39, 0.29) is 47.4 Å². The van der Waals surface area contributed by atoms with Crippen molar-refractivity contribution in [3.05, 3.63) is 35.4 Å². The number of aliphatic imine (C=N–C) groups is 1. The number of rotatable bonds is 6. The number of hydrogen-bond acceptors (Lipinski definition) is 2. The van der Waals surface area contributed by atoms with Crippen molar-refractivity contribution in [3.63, 3.8) is 0 Å². The Kier molecular flexibility index (Phi) is 8.25. The summed E-state index contributed by atoms with van der Waals surface area (Å²) in [4.78, 5) is 19.1. The highest BCUT2D eigenvalue weighted by Gasteiger charge is 2.44. The number of hydrogen-bond donors (Lipinski definition) is 2. The second kappa shape index (κ2) is 10.0. The zero-order valence-corrected chi connectivity index (χ0v) is 19.6. The van der Waals surface area contributed by atoms with Crippen LogP contribution >= 0.6 is 24.0 Å². The van der Waals surface area contributed by atoms with Crippen LogP contribution in [0.3, 0.4) is 0 Å². The van der Waals surface area contributed by atoms with Crippen molar-refractivity contribution >= 4 is 35.8 Å². The first-order valence-corrected chi connectivity index (χ1v) is 10.1. The normalized spacial score (nSPS) is 22.6. The van der Waals surface area contributed by atoms with E-state index < -0.39 is 17.0 Å². The molecule has 0 aromatic heterocycles. The molecule has 0 radical (unpaired) electrons. The van der Waals surface area contributed by atoms with E-state index in [1.807, 2.05) is 6.92 Å². The first-order valence-electron chi connectivity index (χ1n) is 10.1. The first-order chi connectivity index (χ1) is 13.4. The molecule has 2 saturated carbocycles. The third-order valence-electron chi connectivity index (χ3n) is 5.79. The molecule has 0 saturated heterocycles. The summed E-state index contributed by atoms with van der Waals surface area (Å²) in [5.41, 5.74) is -0.294. The van der Waals surface area contributed by atoms with Gasteiger partial charge in [0.05, 0.1) is 12.0 Å². The minimum Gasteiger partial charge on any atom is -0.357 e. The molecule has 1 aromatic rings. The summed E-state index contributed by atoms with van der Waals surface area (Å²) in [7, 11) is 3.57. The van der Waals surface area contributed by atoms with Gasteiger partial charge in [0.1, 0.15) is 11.6 Å². The number of carbonyl (C=O) groups excluding carboxylic acids is 1. The van der Waals surface area contributed by atoms with Gasteiger partial charge in [-0.2, -0.15) is 0 Å². The highest BCUT2D eigenvalue weighted by Crippen LogP contribution is 2.43. The van der Waals surface area contributed by atoms with E-state index in [0.717, 1.165) is 25.7 Å². The van der Waals surface area contributed by atoms with Gasteiger partial charge >= 0.3 is 0 Å². The molecule has 8 heteroatoms. The van der Waals surface area contributed by atoms with Gasteiger partial charge in [-0.05, 0) is 38.3 Å². The molecule has 162 valence electrons. The molecule has 29 heavy (non-hydrogen) atoms. The Morgan fingerprint density at radius 3 is 2.41 bits per heavy atom. The lowest BCUT2D eigenvalue weighted by molar-refractivity contribution is -0.138. The number of nitrogens with zero attached hydrogens (tertiary/aromatic N) is 2. The predicted octanol–water partition coefficient (Wildman–Crippen LogP) is 3.64. The summed E-state index contributed by atoms with van der Waals surface area (Å²) in [5, 5.41) is 6.48. The first kappa shape index (κ1) is 23.8. The fourth-order valence-electron chi connectivity index (χ4n) is 4.23. The summed E-state index contributed by atoms with van der Waals surface area (Å²) >= 11 is 0. The Hall–Kier alpha value is -1.45. The van der Waals surface area contributed by atoms with Crippen molar-refractivity contribution in [2.75, 3.05) is 27.2 Å². The molecule has 1 amide bonds. The minimum atomic E-state index is -0.502. The van der Waals surface area contributed by atoms with Crippen LogP contribution in [0, 0.1) is 17.0 Å². The van der Waals surface area contributed by atoms with E-state index in [1.54, 1.807) is 19.0 Å². The monoisotopic (exact) mass is 520 g/mol. The molecule has 0 heterocycles. The van der Waals surface area contributed by atoms with Crippen LogP contribution in [0.4, 0.5) is 8.78 Å². The summed E-state index contributed by atoms with van der Waals surface area (Å²) in [6.07, 6.45) is 4.43. The maximum atomic E-state index is 14.0. The van der Waals surface area contributed by atoms with Crippen LogP contribution in [0.5, 0.6) is 0 Å². The van der Waals surface area contributed by atoms with Gasteiger partial charge in [-0.15, -0.1) is 24.0 Å². The van der Waals surface area contributed by atoms with Gasteiger partial charge in [0, 0.05) is 38.2 Å². The average molecular weight is 520 g/mol. The lowest BCUT2D eigenvalue weighted by atomic mass is 9.85. The van der Waals surface area contributed by atoms with Crippen molar-refractivity contribution in [3.8, 4) is 0 Å². The molecule has 2 fully saturated rings. The second-order valence-electron chi connectivity index (χ2n) is 8.11. The Morgan fingerprint density at radius 1 is 1.24 bits per heavy atom. The van der Waals surface area contributed by atoms with Crippen LogP contribution in [-0.2, 0) is 4.79 Å². The third kappa shape index (κ3) is 5.38. The van der Waals surface area contributed by atoms with Crippen LogP contribution in [0.1, 0.15) is 50.5 Å². The Morgan fingerprint density at radius 2 is 1.86 bits per heavy atom. The molecule has 2 aliphatic carbocycles. The number of amides is 1. The summed E-state index contributed by atoms with van der Waals surface area (Å²) in [6.45, 7) is 3.06. The molecule has 1 aromatic carbocycles. The largest absolute Gasteiger partial charge is 0.357 e. The number of halogens is 3. The number of carbonyl (C=O) groups is 1. The van der Waals surface area contributed by atoms with Gasteiger partial charge in [0.2, 0.25) is 5.91 Å². The van der Waals surface area contributed by atoms with Gasteiger partial charge in [0.15, 0.2) is 5.96 Å². The van der Waals surface area contributed by atoms with Gasteiger partial charge in [-0.1, -0.05) is 18.9 Å². The molecule has 2 atom stereocenters. The van der Waals surface area contributed by atoms with Crippen molar-refractivity contribution < 1.29 is 13.6 Å². The fourth-order valence-corrected chi connectivity index (χ4v) is 4.23. The van der Waals surface area contributed by atoms with Crippen molar-refractivity contribution in [1.29, 1.82) is 0 Å². The SMILES string of the molecule is CCNC(=NCC1(C(=O)N(C)C)CCCC1)NC1CC1c1c(F)cccc1F.I. The summed E-state index contributed by atoms with van der Waals surface area (Å²) < 4.78 is 28.0. The fraction of sp³-hybridized carbons (Fsp3) is 0.619. The maximum Gasteiger partial charge on any atom is 0.230 e. The van der Waals surface area contributed by atoms with Crippen LogP contribution in [-0.4, -0.2) is 50.0 Å². The molecular formula is C21H31F2IN4O. The zero-order chi connectivity index (χ0) is 20.3. The van der Waals surface area contributed by atoms with Gasteiger partial charge in [-0.25, -0.2) is 8.78 Å². The van der Waals surface area contributed by atoms with Crippen LogP contribution in [0.25, 0.3) is 0 Å². The Bertz CT molecular complexity index is 730. The van der Waals surface area contributed by atoms with E-state index >= 15 is 0 Å². The van der Waals surface area contributed by atoms with E-state index in [4.69, 9.17) is 0 Å². The van der Waals surface area contributed by atoms with Gasteiger partial charge in [-0.3, -0.25) is 9.79 Å². The Balaban J connectivity index is 0.00000300. The van der Waals surface area contributed by atoms with Crippen molar-refractivity contribution in [2.45, 2.75) is 51.0 Å². The lowest BCUT2D eigenvalue weighted by Gasteiger charge is -2.29. The van der Waals surface area contributed by atoms with Gasteiger partial charge < -0.3 is 15.5 Å². The second-order valence-corrected chi connectivity index (χ2v) is 8.11. The third-order valence-corrected chi connectivity index (χ3v) is 5.79. The zero-order valence-electron chi connectivity index (χ0n) is 17.3. The van der Waals surface area contributed by atoms with E-state index in [2.05, 4.69) is 15.6 Å². The van der Waals surface area contributed by atoms with E-state index in [0.29, 0.717) is 25.5 Å². The summed E-state index contributed by atoms with van der Waals surface area (Å²) in [5.74, 6) is -0.476. The van der Waals surface area contributed by atoms with Gasteiger partial charge in [0.25, 0.3) is 0 Å². The predicted molar refractivity (Wildman–Crippen MR) is 122 cm³/mol. The van der Waals surface area contributed by atoms with Crippen molar-refractivity contribution in [1.82, 2.24) is 15.5 Å². The number of benzene rings is 1. The molecule has 2 aliphatic rings. The molecule has 5 nitrogen and oxygen atoms in total.